The third-order valence-electron chi connectivity index (χ3n) is 3.47. The number of nitrogens with zero attached hydrogens (tertiary/aromatic N) is 2. The van der Waals surface area contributed by atoms with Crippen molar-refractivity contribution >= 4 is 40.1 Å². The predicted molar refractivity (Wildman–Crippen MR) is 108 cm³/mol. The van der Waals surface area contributed by atoms with E-state index in [1.807, 2.05) is 75.4 Å². The van der Waals surface area contributed by atoms with Gasteiger partial charge in [0.1, 0.15) is 5.82 Å². The minimum absolute atomic E-state index is 0.0307. The molecule has 0 saturated heterocycles. The van der Waals surface area contributed by atoms with Crippen LogP contribution >= 0.6 is 11.8 Å². The number of aromatic nitrogens is 2. The van der Waals surface area contributed by atoms with Gasteiger partial charge < -0.3 is 10.6 Å². The fourth-order valence-electron chi connectivity index (χ4n) is 2.46. The molecule has 0 bridgehead atoms. The van der Waals surface area contributed by atoms with Crippen molar-refractivity contribution in [3.05, 3.63) is 54.6 Å². The van der Waals surface area contributed by atoms with Crippen molar-refractivity contribution in [3.8, 4) is 0 Å². The van der Waals surface area contributed by atoms with Crippen molar-refractivity contribution in [2.24, 2.45) is 0 Å². The number of fused-ring (bicyclic) bond motifs is 1. The van der Waals surface area contributed by atoms with Crippen molar-refractivity contribution in [2.75, 3.05) is 11.1 Å². The molecule has 2 N–H and O–H groups in total. The van der Waals surface area contributed by atoms with Gasteiger partial charge in [0.05, 0.1) is 11.3 Å². The van der Waals surface area contributed by atoms with E-state index < -0.39 is 0 Å². The van der Waals surface area contributed by atoms with Crippen LogP contribution in [0.1, 0.15) is 20.8 Å². The number of amides is 1. The van der Waals surface area contributed by atoms with Crippen LogP contribution in [0.5, 0.6) is 0 Å². The van der Waals surface area contributed by atoms with Crippen molar-refractivity contribution in [2.45, 2.75) is 31.5 Å². The van der Waals surface area contributed by atoms with Gasteiger partial charge >= 0.3 is 0 Å². The molecule has 5 nitrogen and oxygen atoms in total. The fourth-order valence-corrected chi connectivity index (χ4v) is 3.11. The highest BCUT2D eigenvalue weighted by molar-refractivity contribution is 7.99. The molecule has 0 saturated carbocycles. The molecule has 3 aromatic rings. The van der Waals surface area contributed by atoms with Gasteiger partial charge in [-0.2, -0.15) is 0 Å². The first-order valence-electron chi connectivity index (χ1n) is 8.43. The standard InChI is InChI=1S/C20H22N4OS/c1-20(2,3)24-17(25)13-26-19-22-16-12-8-7-11-15(16)18(23-19)21-14-9-5-4-6-10-14/h4-12H,13H2,1-3H3,(H,24,25)(H,21,22,23). The second-order valence-corrected chi connectivity index (χ2v) is 7.89. The Labute approximate surface area is 157 Å². The van der Waals surface area contributed by atoms with E-state index in [9.17, 15) is 4.79 Å². The molecule has 26 heavy (non-hydrogen) atoms. The largest absolute Gasteiger partial charge is 0.351 e. The first-order valence-corrected chi connectivity index (χ1v) is 9.42. The summed E-state index contributed by atoms with van der Waals surface area (Å²) in [6.07, 6.45) is 0. The first-order chi connectivity index (χ1) is 12.4. The van der Waals surface area contributed by atoms with E-state index in [0.29, 0.717) is 5.16 Å². The summed E-state index contributed by atoms with van der Waals surface area (Å²) >= 11 is 1.33. The number of carbonyl (C=O) groups excluding carboxylic acids is 1. The molecular weight excluding hydrogens is 344 g/mol. The number of rotatable bonds is 5. The van der Waals surface area contributed by atoms with Crippen LogP contribution in [0.25, 0.3) is 10.9 Å². The van der Waals surface area contributed by atoms with Crippen LogP contribution in [-0.2, 0) is 4.79 Å². The summed E-state index contributed by atoms with van der Waals surface area (Å²) < 4.78 is 0. The number of hydrogen-bond donors (Lipinski definition) is 2. The number of carbonyl (C=O) groups is 1. The summed E-state index contributed by atoms with van der Waals surface area (Å²) in [5.41, 5.74) is 1.56. The molecule has 134 valence electrons. The molecule has 0 aliphatic rings. The third kappa shape index (κ3) is 4.95. The first kappa shape index (κ1) is 18.2. The van der Waals surface area contributed by atoms with Crippen LogP contribution in [0.15, 0.2) is 59.8 Å². The van der Waals surface area contributed by atoms with Gasteiger partial charge in [0.15, 0.2) is 5.16 Å². The lowest BCUT2D eigenvalue weighted by Crippen LogP contribution is -2.41. The van der Waals surface area contributed by atoms with Crippen LogP contribution in [0.2, 0.25) is 0 Å². The highest BCUT2D eigenvalue weighted by Crippen LogP contribution is 2.26. The SMILES string of the molecule is CC(C)(C)NC(=O)CSc1nc(Nc2ccccc2)c2ccccc2n1. The Bertz CT molecular complexity index is 907. The Morgan fingerprint density at radius 1 is 1.00 bits per heavy atom. The quantitative estimate of drug-likeness (QED) is 0.518. The molecule has 0 unspecified atom stereocenters. The lowest BCUT2D eigenvalue weighted by molar-refractivity contribution is -0.119. The summed E-state index contributed by atoms with van der Waals surface area (Å²) in [5, 5.41) is 7.82. The van der Waals surface area contributed by atoms with Crippen LogP contribution in [0.3, 0.4) is 0 Å². The molecule has 1 aromatic heterocycles. The highest BCUT2D eigenvalue weighted by Gasteiger charge is 2.15. The zero-order valence-corrected chi connectivity index (χ0v) is 15.9. The molecule has 0 aliphatic carbocycles. The highest BCUT2D eigenvalue weighted by atomic mass is 32.2. The van der Waals surface area contributed by atoms with Gasteiger partial charge in [0.25, 0.3) is 0 Å². The number of benzene rings is 2. The summed E-state index contributed by atoms with van der Waals surface area (Å²) in [5.74, 6) is 0.984. The fraction of sp³-hybridized carbons (Fsp3) is 0.250. The lowest BCUT2D eigenvalue weighted by atomic mass is 10.1. The molecule has 0 spiro atoms. The summed E-state index contributed by atoms with van der Waals surface area (Å²) in [4.78, 5) is 21.3. The Morgan fingerprint density at radius 3 is 2.42 bits per heavy atom. The van der Waals surface area contributed by atoms with Crippen molar-refractivity contribution < 1.29 is 4.79 Å². The smallest absolute Gasteiger partial charge is 0.230 e. The van der Waals surface area contributed by atoms with E-state index in [2.05, 4.69) is 20.6 Å². The molecule has 2 aromatic carbocycles. The Hall–Kier alpha value is -2.60. The maximum atomic E-state index is 12.1. The Balaban J connectivity index is 1.84. The second-order valence-electron chi connectivity index (χ2n) is 6.95. The number of hydrogen-bond acceptors (Lipinski definition) is 5. The molecule has 3 rings (SSSR count). The number of nitrogens with one attached hydrogen (secondary N) is 2. The molecule has 6 heteroatoms. The molecule has 0 fully saturated rings. The van der Waals surface area contributed by atoms with Crippen molar-refractivity contribution in [1.82, 2.24) is 15.3 Å². The number of para-hydroxylation sites is 2. The number of anilines is 2. The average molecular weight is 366 g/mol. The lowest BCUT2D eigenvalue weighted by Gasteiger charge is -2.20. The summed E-state index contributed by atoms with van der Waals surface area (Å²) in [7, 11) is 0. The average Bonchev–Trinajstić information content (AvgIpc) is 2.59. The van der Waals surface area contributed by atoms with Gasteiger partial charge in [0.2, 0.25) is 5.91 Å². The molecule has 0 aliphatic heterocycles. The van der Waals surface area contributed by atoms with Crippen LogP contribution in [0, 0.1) is 0 Å². The van der Waals surface area contributed by atoms with Crippen molar-refractivity contribution in [1.29, 1.82) is 0 Å². The van der Waals surface area contributed by atoms with Crippen LogP contribution in [-0.4, -0.2) is 27.2 Å². The maximum absolute atomic E-state index is 12.1. The van der Waals surface area contributed by atoms with Gasteiger partial charge in [0, 0.05) is 16.6 Å². The van der Waals surface area contributed by atoms with Gasteiger partial charge in [-0.05, 0) is 45.0 Å². The molecule has 0 radical (unpaired) electrons. The third-order valence-corrected chi connectivity index (χ3v) is 4.31. The van der Waals surface area contributed by atoms with E-state index in [0.717, 1.165) is 22.4 Å². The molecule has 0 atom stereocenters. The monoisotopic (exact) mass is 366 g/mol. The minimum atomic E-state index is -0.248. The second kappa shape index (κ2) is 7.74. The normalized spacial score (nSPS) is 11.3. The van der Waals surface area contributed by atoms with Gasteiger partial charge in [-0.25, -0.2) is 9.97 Å². The van der Waals surface area contributed by atoms with E-state index >= 15 is 0 Å². The van der Waals surface area contributed by atoms with Crippen molar-refractivity contribution in [3.63, 3.8) is 0 Å². The molecule has 1 heterocycles. The van der Waals surface area contributed by atoms with E-state index in [4.69, 9.17) is 0 Å². The van der Waals surface area contributed by atoms with Crippen LogP contribution < -0.4 is 10.6 Å². The van der Waals surface area contributed by atoms with E-state index in [1.54, 1.807) is 0 Å². The number of thioether (sulfide) groups is 1. The zero-order chi connectivity index (χ0) is 18.6. The van der Waals surface area contributed by atoms with Crippen LogP contribution in [0.4, 0.5) is 11.5 Å². The Kier molecular flexibility index (Phi) is 5.42. The predicted octanol–water partition coefficient (Wildman–Crippen LogP) is 4.38. The molecule has 1 amide bonds. The van der Waals surface area contributed by atoms with E-state index in [-0.39, 0.29) is 17.2 Å². The van der Waals surface area contributed by atoms with E-state index in [1.165, 1.54) is 11.8 Å². The molecular formula is C20H22N4OS. The Morgan fingerprint density at radius 2 is 1.69 bits per heavy atom. The minimum Gasteiger partial charge on any atom is -0.351 e. The summed E-state index contributed by atoms with van der Waals surface area (Å²) in [6.45, 7) is 5.89. The zero-order valence-electron chi connectivity index (χ0n) is 15.1. The summed E-state index contributed by atoms with van der Waals surface area (Å²) in [6, 6.07) is 17.7. The topological polar surface area (TPSA) is 66.9 Å². The van der Waals surface area contributed by atoms with Gasteiger partial charge in [-0.1, -0.05) is 42.1 Å². The van der Waals surface area contributed by atoms with Gasteiger partial charge in [-0.3, -0.25) is 4.79 Å². The van der Waals surface area contributed by atoms with Gasteiger partial charge in [-0.15, -0.1) is 0 Å². The maximum Gasteiger partial charge on any atom is 0.230 e.